The smallest absolute Gasteiger partial charge is 0.130 e. The number of halogens is 2. The molecule has 1 saturated heterocycles. The molecule has 0 spiro atoms. The minimum absolute atomic E-state index is 0.157. The SMILES string of the molecule is CC(C)C1CCCN1C(CN)c1ccc(F)cc1F. The molecule has 0 bridgehead atoms. The van der Waals surface area contributed by atoms with Gasteiger partial charge in [0, 0.05) is 24.2 Å². The molecule has 4 heteroatoms. The van der Waals surface area contributed by atoms with Crippen molar-refractivity contribution in [3.05, 3.63) is 35.4 Å². The zero-order valence-corrected chi connectivity index (χ0v) is 11.6. The molecule has 2 atom stereocenters. The summed E-state index contributed by atoms with van der Waals surface area (Å²) in [7, 11) is 0. The van der Waals surface area contributed by atoms with E-state index in [1.54, 1.807) is 0 Å². The predicted molar refractivity (Wildman–Crippen MR) is 72.7 cm³/mol. The summed E-state index contributed by atoms with van der Waals surface area (Å²) in [6.45, 7) is 5.64. The van der Waals surface area contributed by atoms with Crippen LogP contribution in [0.5, 0.6) is 0 Å². The highest BCUT2D eigenvalue weighted by atomic mass is 19.1. The van der Waals surface area contributed by atoms with Gasteiger partial charge in [0.15, 0.2) is 0 Å². The summed E-state index contributed by atoms with van der Waals surface area (Å²) >= 11 is 0. The van der Waals surface area contributed by atoms with Crippen molar-refractivity contribution in [1.82, 2.24) is 4.90 Å². The lowest BCUT2D eigenvalue weighted by molar-refractivity contribution is 0.147. The first kappa shape index (κ1) is 14.4. The third-order valence-electron chi connectivity index (χ3n) is 4.06. The van der Waals surface area contributed by atoms with Crippen LogP contribution in [0.2, 0.25) is 0 Å². The molecule has 0 aromatic heterocycles. The van der Waals surface area contributed by atoms with Crippen LogP contribution in [-0.2, 0) is 0 Å². The number of likely N-dealkylation sites (tertiary alicyclic amines) is 1. The van der Waals surface area contributed by atoms with E-state index in [1.807, 2.05) is 0 Å². The van der Waals surface area contributed by atoms with Gasteiger partial charge in [0.05, 0.1) is 6.04 Å². The molecular weight excluding hydrogens is 246 g/mol. The van der Waals surface area contributed by atoms with Gasteiger partial charge in [-0.25, -0.2) is 8.78 Å². The monoisotopic (exact) mass is 268 g/mol. The molecule has 1 aliphatic rings. The van der Waals surface area contributed by atoms with E-state index < -0.39 is 11.6 Å². The fourth-order valence-corrected chi connectivity index (χ4v) is 3.13. The van der Waals surface area contributed by atoms with Gasteiger partial charge >= 0.3 is 0 Å². The van der Waals surface area contributed by atoms with Crippen molar-refractivity contribution in [2.24, 2.45) is 11.7 Å². The summed E-state index contributed by atoms with van der Waals surface area (Å²) in [5.74, 6) is -0.524. The summed E-state index contributed by atoms with van der Waals surface area (Å²) in [4.78, 5) is 2.28. The normalized spacial score (nSPS) is 22.1. The Balaban J connectivity index is 2.28. The third kappa shape index (κ3) is 2.95. The molecule has 0 saturated carbocycles. The lowest BCUT2D eigenvalue weighted by atomic mass is 9.98. The number of nitrogens with zero attached hydrogens (tertiary/aromatic N) is 1. The quantitative estimate of drug-likeness (QED) is 0.909. The van der Waals surface area contributed by atoms with Gasteiger partial charge in [0.1, 0.15) is 11.6 Å². The molecule has 2 rings (SSSR count). The Morgan fingerprint density at radius 2 is 2.11 bits per heavy atom. The molecule has 0 radical (unpaired) electrons. The Labute approximate surface area is 113 Å². The number of rotatable bonds is 4. The fraction of sp³-hybridized carbons (Fsp3) is 0.600. The Morgan fingerprint density at radius 3 is 2.68 bits per heavy atom. The van der Waals surface area contributed by atoms with Crippen LogP contribution >= 0.6 is 0 Å². The van der Waals surface area contributed by atoms with Gasteiger partial charge < -0.3 is 5.73 Å². The minimum Gasteiger partial charge on any atom is -0.329 e. The zero-order chi connectivity index (χ0) is 14.0. The Bertz CT molecular complexity index is 434. The highest BCUT2D eigenvalue weighted by molar-refractivity contribution is 5.23. The van der Waals surface area contributed by atoms with Crippen LogP contribution in [0.1, 0.15) is 38.3 Å². The number of hydrogen-bond donors (Lipinski definition) is 1. The molecular formula is C15H22F2N2. The lowest BCUT2D eigenvalue weighted by Gasteiger charge is -2.35. The largest absolute Gasteiger partial charge is 0.329 e. The van der Waals surface area contributed by atoms with Crippen molar-refractivity contribution in [2.75, 3.05) is 13.1 Å². The Hall–Kier alpha value is -1.00. The maximum Gasteiger partial charge on any atom is 0.130 e. The molecule has 1 aromatic rings. The molecule has 1 fully saturated rings. The van der Waals surface area contributed by atoms with Crippen LogP contribution in [0.15, 0.2) is 18.2 Å². The van der Waals surface area contributed by atoms with Gasteiger partial charge in [-0.2, -0.15) is 0 Å². The molecule has 106 valence electrons. The second kappa shape index (κ2) is 5.97. The maximum atomic E-state index is 13.9. The van der Waals surface area contributed by atoms with Crippen molar-refractivity contribution in [3.8, 4) is 0 Å². The van der Waals surface area contributed by atoms with E-state index in [4.69, 9.17) is 5.73 Å². The molecule has 19 heavy (non-hydrogen) atoms. The van der Waals surface area contributed by atoms with Gasteiger partial charge in [-0.3, -0.25) is 4.90 Å². The molecule has 1 heterocycles. The van der Waals surface area contributed by atoms with Crippen molar-refractivity contribution in [2.45, 2.75) is 38.8 Å². The van der Waals surface area contributed by atoms with Crippen LogP contribution in [0.4, 0.5) is 8.78 Å². The topological polar surface area (TPSA) is 29.3 Å². The first-order chi connectivity index (χ1) is 9.04. The van der Waals surface area contributed by atoms with Crippen LogP contribution in [0.3, 0.4) is 0 Å². The summed E-state index contributed by atoms with van der Waals surface area (Å²) in [6.07, 6.45) is 2.24. The zero-order valence-electron chi connectivity index (χ0n) is 11.6. The van der Waals surface area contributed by atoms with E-state index in [-0.39, 0.29) is 6.04 Å². The predicted octanol–water partition coefficient (Wildman–Crippen LogP) is 3.09. The second-order valence-electron chi connectivity index (χ2n) is 5.61. The average molecular weight is 268 g/mol. The summed E-state index contributed by atoms with van der Waals surface area (Å²) in [5, 5.41) is 0. The minimum atomic E-state index is -0.543. The van der Waals surface area contributed by atoms with Crippen LogP contribution in [0.25, 0.3) is 0 Å². The van der Waals surface area contributed by atoms with Gasteiger partial charge in [0.2, 0.25) is 0 Å². The molecule has 1 aromatic carbocycles. The molecule has 1 aliphatic heterocycles. The first-order valence-electron chi connectivity index (χ1n) is 6.95. The van der Waals surface area contributed by atoms with E-state index in [9.17, 15) is 8.78 Å². The van der Waals surface area contributed by atoms with Crippen molar-refractivity contribution < 1.29 is 8.78 Å². The standard InChI is InChI=1S/C15H22F2N2/c1-10(2)14-4-3-7-19(14)15(9-18)12-6-5-11(16)8-13(12)17/h5-6,8,10,14-15H,3-4,7,9,18H2,1-2H3. The highest BCUT2D eigenvalue weighted by Crippen LogP contribution is 2.33. The lowest BCUT2D eigenvalue weighted by Crippen LogP contribution is -2.40. The number of benzene rings is 1. The van der Waals surface area contributed by atoms with Crippen molar-refractivity contribution >= 4 is 0 Å². The van der Waals surface area contributed by atoms with Gasteiger partial charge in [-0.05, 0) is 31.4 Å². The second-order valence-corrected chi connectivity index (χ2v) is 5.61. The summed E-state index contributed by atoms with van der Waals surface area (Å²) in [5.41, 5.74) is 6.36. The maximum absolute atomic E-state index is 13.9. The van der Waals surface area contributed by atoms with Gasteiger partial charge in [0.25, 0.3) is 0 Å². The summed E-state index contributed by atoms with van der Waals surface area (Å²) < 4.78 is 27.0. The first-order valence-corrected chi connectivity index (χ1v) is 6.95. The average Bonchev–Trinajstić information content (AvgIpc) is 2.82. The van der Waals surface area contributed by atoms with Crippen LogP contribution in [-0.4, -0.2) is 24.0 Å². The Morgan fingerprint density at radius 1 is 1.37 bits per heavy atom. The molecule has 2 unspecified atom stereocenters. The van der Waals surface area contributed by atoms with E-state index in [1.165, 1.54) is 12.1 Å². The van der Waals surface area contributed by atoms with Crippen molar-refractivity contribution in [3.63, 3.8) is 0 Å². The Kier molecular flexibility index (Phi) is 4.53. The van der Waals surface area contributed by atoms with Crippen molar-refractivity contribution in [1.29, 1.82) is 0 Å². The van der Waals surface area contributed by atoms with E-state index in [0.29, 0.717) is 24.1 Å². The molecule has 0 aliphatic carbocycles. The van der Waals surface area contributed by atoms with Crippen LogP contribution < -0.4 is 5.73 Å². The molecule has 2 nitrogen and oxygen atoms in total. The van der Waals surface area contributed by atoms with Gasteiger partial charge in [-0.1, -0.05) is 19.9 Å². The van der Waals surface area contributed by atoms with E-state index >= 15 is 0 Å². The molecule has 2 N–H and O–H groups in total. The highest BCUT2D eigenvalue weighted by Gasteiger charge is 2.33. The van der Waals surface area contributed by atoms with E-state index in [2.05, 4.69) is 18.7 Å². The molecule has 0 amide bonds. The summed E-state index contributed by atoms with van der Waals surface area (Å²) in [6, 6.07) is 4.05. The fourth-order valence-electron chi connectivity index (χ4n) is 3.13. The van der Waals surface area contributed by atoms with Gasteiger partial charge in [-0.15, -0.1) is 0 Å². The number of nitrogens with two attached hydrogens (primary N) is 1. The van der Waals surface area contributed by atoms with Crippen LogP contribution in [0, 0.1) is 17.6 Å². The number of hydrogen-bond acceptors (Lipinski definition) is 2. The third-order valence-corrected chi connectivity index (χ3v) is 4.06. The van der Waals surface area contributed by atoms with E-state index in [0.717, 1.165) is 25.5 Å².